The van der Waals surface area contributed by atoms with Gasteiger partial charge in [0.15, 0.2) is 0 Å². The third-order valence-electron chi connectivity index (χ3n) is 5.00. The van der Waals surface area contributed by atoms with E-state index in [9.17, 15) is 0 Å². The molecule has 164 valence electrons. The van der Waals surface area contributed by atoms with Gasteiger partial charge in [0.2, 0.25) is 0 Å². The van der Waals surface area contributed by atoms with Crippen LogP contribution in [0.3, 0.4) is 0 Å². The largest absolute Gasteiger partial charge is 0.383 e. The number of halogens is 1. The zero-order chi connectivity index (χ0) is 22.0. The maximum atomic E-state index is 8.60. The van der Waals surface area contributed by atoms with Crippen molar-refractivity contribution in [2.75, 3.05) is 34.7 Å². The third-order valence-corrected chi connectivity index (χ3v) is 5.00. The molecule has 1 aliphatic rings. The molecule has 0 amide bonds. The minimum Gasteiger partial charge on any atom is -0.383 e. The smallest absolute Gasteiger partial charge is 0.0777 e. The Kier molecular flexibility index (Phi) is 10.9. The minimum absolute atomic E-state index is 0.746. The summed E-state index contributed by atoms with van der Waals surface area (Å²) in [4.78, 5) is 4.36. The van der Waals surface area contributed by atoms with Gasteiger partial charge in [0.05, 0.1) is 14.9 Å². The van der Waals surface area contributed by atoms with E-state index in [0.717, 1.165) is 18.4 Å². The lowest BCUT2D eigenvalue weighted by Gasteiger charge is -2.28. The summed E-state index contributed by atoms with van der Waals surface area (Å²) in [5.41, 5.74) is 4.22. The van der Waals surface area contributed by atoms with E-state index in [4.69, 9.17) is 18.6 Å². The van der Waals surface area contributed by atoms with E-state index in [1.54, 1.807) is 0 Å². The van der Waals surface area contributed by atoms with Crippen molar-refractivity contribution in [3.63, 3.8) is 0 Å². The van der Waals surface area contributed by atoms with Gasteiger partial charge in [0.25, 0.3) is 0 Å². The molecule has 29 heavy (non-hydrogen) atoms. The number of hydrogen-bond acceptors (Lipinski definition) is 6. The van der Waals surface area contributed by atoms with Crippen LogP contribution in [0.2, 0.25) is 0 Å². The number of rotatable bonds is 7. The second-order valence-electron chi connectivity index (χ2n) is 8.12. The van der Waals surface area contributed by atoms with Gasteiger partial charge >= 0.3 is 0 Å². The van der Waals surface area contributed by atoms with E-state index in [2.05, 4.69) is 81.1 Å². The van der Waals surface area contributed by atoms with Crippen molar-refractivity contribution < 1.29 is 28.9 Å². The summed E-state index contributed by atoms with van der Waals surface area (Å²) >= 11 is 0. The first-order chi connectivity index (χ1) is 13.5. The van der Waals surface area contributed by atoms with Crippen molar-refractivity contribution in [3.8, 4) is 0 Å². The van der Waals surface area contributed by atoms with Crippen molar-refractivity contribution >= 4 is 5.57 Å². The molecule has 0 aliphatic heterocycles. The Bertz CT molecular complexity index is 625. The quantitative estimate of drug-likeness (QED) is 0.650. The molecule has 2 rings (SSSR count). The fourth-order valence-corrected chi connectivity index (χ4v) is 3.80. The van der Waals surface area contributed by atoms with E-state index in [1.807, 2.05) is 0 Å². The highest BCUT2D eigenvalue weighted by molar-refractivity contribution is 5.66. The summed E-state index contributed by atoms with van der Waals surface area (Å²) < 4.78 is 32.7. The predicted octanol–water partition coefficient (Wildman–Crippen LogP) is 0.877. The molecular weight excluding hydrogens is 392 g/mol. The van der Waals surface area contributed by atoms with Gasteiger partial charge in [-0.1, -0.05) is 30.3 Å². The number of benzene rings is 1. The van der Waals surface area contributed by atoms with Crippen LogP contribution in [0.25, 0.3) is 5.57 Å². The van der Waals surface area contributed by atoms with E-state index in [-0.39, 0.29) is 0 Å². The van der Waals surface area contributed by atoms with Gasteiger partial charge in [-0.05, 0) is 74.7 Å². The highest BCUT2D eigenvalue weighted by Gasteiger charge is 2.21. The topological polar surface area (TPSA) is 95.9 Å². The number of allylic oxidation sites excluding steroid dienone is 1. The van der Waals surface area contributed by atoms with Crippen LogP contribution in [0.5, 0.6) is 0 Å². The first kappa shape index (κ1) is 25.6. The molecule has 0 bridgehead atoms. The molecule has 0 heterocycles. The lowest BCUT2D eigenvalue weighted by Crippen LogP contribution is -2.58. The van der Waals surface area contributed by atoms with Crippen molar-refractivity contribution in [2.24, 2.45) is 5.92 Å². The maximum absolute atomic E-state index is 8.60. The van der Waals surface area contributed by atoms with E-state index >= 15 is 0 Å². The zero-order valence-corrected chi connectivity index (χ0v) is 18.8. The molecule has 1 N–H and O–H groups in total. The van der Waals surface area contributed by atoms with Crippen molar-refractivity contribution in [1.29, 1.82) is 0 Å². The Morgan fingerprint density at radius 3 is 2.00 bits per heavy atom. The van der Waals surface area contributed by atoms with Crippen molar-refractivity contribution in [1.82, 2.24) is 9.80 Å². The molecule has 1 aromatic carbocycles. The molecule has 6 nitrogen and oxygen atoms in total. The molecule has 0 radical (unpaired) electrons. The maximum Gasteiger partial charge on any atom is 0.0777 e. The highest BCUT2D eigenvalue weighted by atomic mass is 35.7. The summed E-state index contributed by atoms with van der Waals surface area (Å²) in [6, 6.07) is 9.33. The SMILES string of the molecule is C=CC[C@H]1CC[C@H](c2ccc(C(=CN(C)C)CN(C)C)cc2)CC1.[O-][Cl+3]([O-])([O-])O. The lowest BCUT2D eigenvalue weighted by molar-refractivity contribution is -1.92. The van der Waals surface area contributed by atoms with Crippen LogP contribution in [-0.4, -0.2) is 49.2 Å². The van der Waals surface area contributed by atoms with Gasteiger partial charge in [0, 0.05) is 26.8 Å². The molecule has 1 fully saturated rings. The average Bonchev–Trinajstić information content (AvgIpc) is 2.60. The Hall–Kier alpha value is -1.41. The standard InChI is InChI=1S/C22H34N2.ClHO4/c1-6-7-18-8-10-19(11-9-18)20-12-14-21(15-13-20)22(16-23(2)3)17-24(4)5;2-1(3,4)5/h6,12-16,18-19H,1,7-11,17H2,2-5H3;(H,2,3,4,5)/t18-,19-;. The van der Waals surface area contributed by atoms with Crippen LogP contribution in [0.15, 0.2) is 43.1 Å². The van der Waals surface area contributed by atoms with Gasteiger partial charge in [-0.2, -0.15) is 14.0 Å². The molecule has 0 unspecified atom stereocenters. The van der Waals surface area contributed by atoms with Gasteiger partial charge in [-0.25, -0.2) is 0 Å². The zero-order valence-electron chi connectivity index (χ0n) is 18.0. The third kappa shape index (κ3) is 11.4. The fraction of sp³-hybridized carbons (Fsp3) is 0.545. The number of nitrogens with zero attached hydrogens (tertiary/aromatic N) is 2. The molecule has 1 saturated carbocycles. The lowest BCUT2D eigenvalue weighted by atomic mass is 9.77. The average molecular weight is 427 g/mol. The van der Waals surface area contributed by atoms with Gasteiger partial charge in [0.1, 0.15) is 0 Å². The van der Waals surface area contributed by atoms with E-state index in [1.165, 1.54) is 48.8 Å². The second-order valence-corrected chi connectivity index (χ2v) is 8.91. The molecule has 1 aromatic rings. The summed E-state index contributed by atoms with van der Waals surface area (Å²) in [7, 11) is 3.73. The Morgan fingerprint density at radius 1 is 1.07 bits per heavy atom. The Balaban J connectivity index is 0.000000749. The Labute approximate surface area is 177 Å². The highest BCUT2D eigenvalue weighted by Crippen LogP contribution is 2.37. The molecule has 0 aromatic heterocycles. The summed E-state index contributed by atoms with van der Waals surface area (Å²) in [5.74, 6) is 1.61. The predicted molar refractivity (Wildman–Crippen MR) is 108 cm³/mol. The van der Waals surface area contributed by atoms with E-state index in [0.29, 0.717) is 0 Å². The fourth-order valence-electron chi connectivity index (χ4n) is 3.80. The minimum atomic E-state index is -4.69. The van der Waals surface area contributed by atoms with Gasteiger partial charge in [-0.15, -0.1) is 6.58 Å². The molecule has 0 saturated heterocycles. The number of hydrogen-bond donors (Lipinski definition) is 1. The monoisotopic (exact) mass is 426 g/mol. The first-order valence-electron chi connectivity index (χ1n) is 9.86. The van der Waals surface area contributed by atoms with Crippen LogP contribution >= 0.6 is 0 Å². The van der Waals surface area contributed by atoms with Gasteiger partial charge < -0.3 is 9.80 Å². The van der Waals surface area contributed by atoms with Gasteiger partial charge in [-0.3, -0.25) is 0 Å². The van der Waals surface area contributed by atoms with Crippen LogP contribution in [0, 0.1) is 16.2 Å². The normalized spacial score (nSPS) is 20.1. The molecule has 7 heteroatoms. The first-order valence-corrected chi connectivity index (χ1v) is 11.1. The van der Waals surface area contributed by atoms with Crippen LogP contribution < -0.4 is 14.0 Å². The molecular formula is C22H35ClN2O4. The molecule has 0 spiro atoms. The van der Waals surface area contributed by atoms with Crippen LogP contribution in [-0.2, 0) is 0 Å². The Morgan fingerprint density at radius 2 is 1.59 bits per heavy atom. The summed E-state index contributed by atoms with van der Waals surface area (Å²) in [6.07, 6.45) is 10.9. The second kappa shape index (κ2) is 12.3. The summed E-state index contributed by atoms with van der Waals surface area (Å²) in [5, 5.41) is 0. The van der Waals surface area contributed by atoms with E-state index < -0.39 is 10.2 Å². The van der Waals surface area contributed by atoms with Crippen LogP contribution in [0.1, 0.15) is 49.1 Å². The van der Waals surface area contributed by atoms with Crippen LogP contribution in [0.4, 0.5) is 0 Å². The molecule has 0 atom stereocenters. The van der Waals surface area contributed by atoms with Crippen molar-refractivity contribution in [3.05, 3.63) is 54.2 Å². The number of likely N-dealkylation sites (N-methyl/N-ethyl adjacent to an activating group) is 1. The van der Waals surface area contributed by atoms with Crippen molar-refractivity contribution in [2.45, 2.75) is 38.0 Å². The summed E-state index contributed by atoms with van der Waals surface area (Å²) in [6.45, 7) is 4.85. The molecule has 1 aliphatic carbocycles.